The van der Waals surface area contributed by atoms with E-state index in [2.05, 4.69) is 25.2 Å². The highest BCUT2D eigenvalue weighted by Gasteiger charge is 2.18. The van der Waals surface area contributed by atoms with Crippen LogP contribution in [0.25, 0.3) is 0 Å². The van der Waals surface area contributed by atoms with E-state index >= 15 is 0 Å². The number of rotatable bonds is 5. The molecule has 0 radical (unpaired) electrons. The fourth-order valence-corrected chi connectivity index (χ4v) is 2.83. The molecule has 0 heterocycles. The van der Waals surface area contributed by atoms with E-state index in [4.69, 9.17) is 27.9 Å². The molecule has 21 heavy (non-hydrogen) atoms. The second-order valence-corrected chi connectivity index (χ2v) is 5.72. The van der Waals surface area contributed by atoms with Crippen LogP contribution in [0.4, 0.5) is 0 Å². The van der Waals surface area contributed by atoms with Crippen molar-refractivity contribution in [3.63, 3.8) is 0 Å². The molecule has 4 heteroatoms. The highest BCUT2D eigenvalue weighted by molar-refractivity contribution is 6.33. The van der Waals surface area contributed by atoms with Crippen LogP contribution in [0.15, 0.2) is 36.4 Å². The van der Waals surface area contributed by atoms with Crippen LogP contribution in [0.2, 0.25) is 10.0 Å². The third-order valence-corrected chi connectivity index (χ3v) is 4.04. The Morgan fingerprint density at radius 3 is 2.48 bits per heavy atom. The van der Waals surface area contributed by atoms with E-state index in [9.17, 15) is 0 Å². The highest BCUT2D eigenvalue weighted by atomic mass is 35.5. The summed E-state index contributed by atoms with van der Waals surface area (Å²) in [4.78, 5) is 0. The Morgan fingerprint density at radius 1 is 1.10 bits per heavy atom. The van der Waals surface area contributed by atoms with Crippen LogP contribution >= 0.6 is 23.2 Å². The van der Waals surface area contributed by atoms with Gasteiger partial charge in [-0.15, -0.1) is 0 Å². The summed E-state index contributed by atoms with van der Waals surface area (Å²) >= 11 is 12.5. The molecule has 1 unspecified atom stereocenters. The molecule has 0 spiro atoms. The normalized spacial score (nSPS) is 12.2. The van der Waals surface area contributed by atoms with Crippen LogP contribution in [-0.2, 0) is 0 Å². The fraction of sp³-hybridized carbons (Fsp3) is 0.294. The minimum absolute atomic E-state index is 0.00658. The number of methoxy groups -OCH3 is 1. The molecule has 0 amide bonds. The number of aryl methyl sites for hydroxylation is 1. The summed E-state index contributed by atoms with van der Waals surface area (Å²) in [6.07, 6.45) is 0. The lowest BCUT2D eigenvalue weighted by atomic mass is 9.94. The molecular formula is C17H19Cl2NO. The van der Waals surface area contributed by atoms with Gasteiger partial charge in [-0.05, 0) is 60.5 Å². The number of hydrogen-bond donors (Lipinski definition) is 1. The van der Waals surface area contributed by atoms with Gasteiger partial charge in [0.1, 0.15) is 5.75 Å². The van der Waals surface area contributed by atoms with Crippen molar-refractivity contribution < 1.29 is 4.74 Å². The lowest BCUT2D eigenvalue weighted by Gasteiger charge is -2.22. The van der Waals surface area contributed by atoms with E-state index in [1.165, 1.54) is 5.56 Å². The van der Waals surface area contributed by atoms with E-state index in [0.717, 1.165) is 23.4 Å². The summed E-state index contributed by atoms with van der Waals surface area (Å²) in [5.41, 5.74) is 3.30. The van der Waals surface area contributed by atoms with E-state index < -0.39 is 0 Å². The first-order valence-electron chi connectivity index (χ1n) is 6.89. The Hall–Kier alpha value is -1.22. The van der Waals surface area contributed by atoms with Gasteiger partial charge in [0, 0.05) is 10.0 Å². The molecule has 2 aromatic rings. The molecule has 2 nitrogen and oxygen atoms in total. The van der Waals surface area contributed by atoms with E-state index in [0.29, 0.717) is 10.0 Å². The molecule has 0 fully saturated rings. The third kappa shape index (κ3) is 3.70. The summed E-state index contributed by atoms with van der Waals surface area (Å²) in [6, 6.07) is 11.6. The third-order valence-electron chi connectivity index (χ3n) is 3.47. The summed E-state index contributed by atoms with van der Waals surface area (Å²) < 4.78 is 5.27. The van der Waals surface area contributed by atoms with E-state index in [1.54, 1.807) is 13.2 Å². The average molecular weight is 324 g/mol. The van der Waals surface area contributed by atoms with E-state index in [1.807, 2.05) is 24.3 Å². The maximum absolute atomic E-state index is 6.36. The maximum Gasteiger partial charge on any atom is 0.119 e. The lowest BCUT2D eigenvalue weighted by Crippen LogP contribution is -2.23. The van der Waals surface area contributed by atoms with Crippen LogP contribution in [0, 0.1) is 6.92 Å². The lowest BCUT2D eigenvalue weighted by molar-refractivity contribution is 0.414. The predicted octanol–water partition coefficient (Wildman–Crippen LogP) is 5.01. The zero-order chi connectivity index (χ0) is 15.4. The zero-order valence-electron chi connectivity index (χ0n) is 12.4. The van der Waals surface area contributed by atoms with Crippen LogP contribution in [0.3, 0.4) is 0 Å². The van der Waals surface area contributed by atoms with Crippen LogP contribution in [0.1, 0.15) is 29.7 Å². The van der Waals surface area contributed by atoms with Gasteiger partial charge >= 0.3 is 0 Å². The van der Waals surface area contributed by atoms with Crippen molar-refractivity contribution in [2.24, 2.45) is 0 Å². The first kappa shape index (κ1) is 16.2. The molecule has 0 aliphatic carbocycles. The van der Waals surface area contributed by atoms with Crippen molar-refractivity contribution in [1.29, 1.82) is 0 Å². The minimum atomic E-state index is 0.00658. The van der Waals surface area contributed by atoms with Crippen molar-refractivity contribution in [3.8, 4) is 5.75 Å². The molecule has 0 aromatic heterocycles. The molecule has 1 N–H and O–H groups in total. The van der Waals surface area contributed by atoms with Crippen LogP contribution in [0.5, 0.6) is 5.75 Å². The molecule has 0 bridgehead atoms. The molecule has 1 atom stereocenters. The standard InChI is InChI=1S/C17H19Cl2NO/c1-4-20-17(15-10-12(18)5-8-16(15)19)14-7-6-13(21-3)9-11(14)2/h5-10,17,20H,4H2,1-3H3. The second-order valence-electron chi connectivity index (χ2n) is 4.88. The number of ether oxygens (including phenoxy) is 1. The van der Waals surface area contributed by atoms with Gasteiger partial charge in [-0.25, -0.2) is 0 Å². The Morgan fingerprint density at radius 2 is 1.86 bits per heavy atom. The molecule has 112 valence electrons. The van der Waals surface area contributed by atoms with Crippen molar-refractivity contribution in [3.05, 3.63) is 63.1 Å². The first-order valence-corrected chi connectivity index (χ1v) is 7.65. The second kappa shape index (κ2) is 7.17. The fourth-order valence-electron chi connectivity index (χ4n) is 2.43. The molecule has 0 saturated carbocycles. The molecule has 0 saturated heterocycles. The number of benzene rings is 2. The monoisotopic (exact) mass is 323 g/mol. The number of hydrogen-bond acceptors (Lipinski definition) is 2. The molecular weight excluding hydrogens is 305 g/mol. The van der Waals surface area contributed by atoms with E-state index in [-0.39, 0.29) is 6.04 Å². The van der Waals surface area contributed by atoms with Crippen molar-refractivity contribution in [2.75, 3.05) is 13.7 Å². The predicted molar refractivity (Wildman–Crippen MR) is 89.7 cm³/mol. The quantitative estimate of drug-likeness (QED) is 0.835. The van der Waals surface area contributed by atoms with Gasteiger partial charge in [0.25, 0.3) is 0 Å². The first-order chi connectivity index (χ1) is 10.1. The van der Waals surface area contributed by atoms with Crippen molar-refractivity contribution in [2.45, 2.75) is 19.9 Å². The van der Waals surface area contributed by atoms with Gasteiger partial charge in [0.2, 0.25) is 0 Å². The topological polar surface area (TPSA) is 21.3 Å². The number of nitrogens with one attached hydrogen (secondary N) is 1. The largest absolute Gasteiger partial charge is 0.497 e. The van der Waals surface area contributed by atoms with Gasteiger partial charge in [0.05, 0.1) is 13.2 Å². The smallest absolute Gasteiger partial charge is 0.119 e. The van der Waals surface area contributed by atoms with Gasteiger partial charge in [0.15, 0.2) is 0 Å². The molecule has 2 rings (SSSR count). The van der Waals surface area contributed by atoms with Gasteiger partial charge in [-0.2, -0.15) is 0 Å². The van der Waals surface area contributed by atoms with Gasteiger partial charge < -0.3 is 10.1 Å². The summed E-state index contributed by atoms with van der Waals surface area (Å²) in [5, 5.41) is 4.87. The summed E-state index contributed by atoms with van der Waals surface area (Å²) in [6.45, 7) is 4.98. The van der Waals surface area contributed by atoms with Crippen molar-refractivity contribution in [1.82, 2.24) is 5.32 Å². The SMILES string of the molecule is CCNC(c1ccc(OC)cc1C)c1cc(Cl)ccc1Cl. The summed E-state index contributed by atoms with van der Waals surface area (Å²) in [7, 11) is 1.67. The Kier molecular flexibility index (Phi) is 5.51. The summed E-state index contributed by atoms with van der Waals surface area (Å²) in [5.74, 6) is 0.851. The van der Waals surface area contributed by atoms with Crippen LogP contribution in [-0.4, -0.2) is 13.7 Å². The van der Waals surface area contributed by atoms with Crippen molar-refractivity contribution >= 4 is 23.2 Å². The molecule has 0 aliphatic rings. The van der Waals surface area contributed by atoms with Gasteiger partial charge in [-0.1, -0.05) is 36.2 Å². The van der Waals surface area contributed by atoms with Crippen LogP contribution < -0.4 is 10.1 Å². The molecule has 0 aliphatic heterocycles. The number of halogens is 2. The maximum atomic E-state index is 6.36. The Labute approximate surface area is 136 Å². The average Bonchev–Trinajstić information content (AvgIpc) is 2.48. The highest BCUT2D eigenvalue weighted by Crippen LogP contribution is 2.33. The molecule has 2 aromatic carbocycles. The minimum Gasteiger partial charge on any atom is -0.497 e. The van der Waals surface area contributed by atoms with Gasteiger partial charge in [-0.3, -0.25) is 0 Å². The Balaban J connectivity index is 2.50. The zero-order valence-corrected chi connectivity index (χ0v) is 13.9. The Bertz CT molecular complexity index is 628.